The van der Waals surface area contributed by atoms with Gasteiger partial charge in [0, 0.05) is 6.26 Å². The van der Waals surface area contributed by atoms with Crippen LogP contribution in [0.4, 0.5) is 0 Å². The molecule has 236 valence electrons. The summed E-state index contributed by atoms with van der Waals surface area (Å²) < 4.78 is 42.4. The second-order valence-electron chi connectivity index (χ2n) is 10.9. The Labute approximate surface area is 261 Å². The Morgan fingerprint density at radius 3 is 1.84 bits per heavy atom. The van der Waals surface area contributed by atoms with Gasteiger partial charge in [0.15, 0.2) is 9.84 Å². The molecule has 0 radical (unpaired) electrons. The SMILES string of the molecule is CS(=O)(=O)c1ccc(-c2cc(COCCOCc3ccccc3)nn2C2CCCCC2)cc1.OCCOCc1ccccc1. The summed E-state index contributed by atoms with van der Waals surface area (Å²) in [6.07, 6.45) is 7.15. The molecule has 1 heterocycles. The standard InChI is InChI=1S/C26H32N2O4S.C9H12O2/c1-33(29,30)25-14-12-22(13-15-25)26-18-23(27-28(26)24-10-6-3-7-11-24)20-32-17-16-31-19-21-8-4-2-5-9-21;10-6-7-11-8-9-4-2-1-3-5-9/h2,4-5,8-9,12-15,18,24H,3,6-7,10-11,16-17,19-20H2,1H3;1-5,10H,6-8H2. The van der Waals surface area contributed by atoms with Crippen molar-refractivity contribution < 1.29 is 27.7 Å². The molecular weight excluding hydrogens is 576 g/mol. The molecule has 0 unspecified atom stereocenters. The van der Waals surface area contributed by atoms with Gasteiger partial charge in [-0.05, 0) is 47.7 Å². The predicted octanol–water partition coefficient (Wildman–Crippen LogP) is 6.39. The zero-order valence-corrected chi connectivity index (χ0v) is 26.3. The van der Waals surface area contributed by atoms with E-state index >= 15 is 0 Å². The van der Waals surface area contributed by atoms with Crippen LogP contribution in [0, 0.1) is 0 Å². The minimum absolute atomic E-state index is 0.0901. The molecule has 0 amide bonds. The molecule has 1 fully saturated rings. The van der Waals surface area contributed by atoms with E-state index in [0.717, 1.165) is 40.9 Å². The van der Waals surface area contributed by atoms with Gasteiger partial charge in [-0.1, -0.05) is 92.1 Å². The molecule has 0 aliphatic heterocycles. The van der Waals surface area contributed by atoms with Crippen LogP contribution in [-0.4, -0.2) is 56.0 Å². The van der Waals surface area contributed by atoms with E-state index in [4.69, 9.17) is 24.4 Å². The topological polar surface area (TPSA) is 99.9 Å². The lowest BCUT2D eigenvalue weighted by Gasteiger charge is -2.24. The molecule has 0 atom stereocenters. The Morgan fingerprint density at radius 1 is 0.750 bits per heavy atom. The van der Waals surface area contributed by atoms with Gasteiger partial charge in [-0.25, -0.2) is 8.42 Å². The summed E-state index contributed by atoms with van der Waals surface area (Å²) in [6, 6.07) is 29.5. The molecule has 1 aliphatic rings. The van der Waals surface area contributed by atoms with Crippen LogP contribution < -0.4 is 0 Å². The van der Waals surface area contributed by atoms with Crippen LogP contribution in [0.15, 0.2) is 95.9 Å². The summed E-state index contributed by atoms with van der Waals surface area (Å²) in [5.41, 5.74) is 5.15. The number of aromatic nitrogens is 2. The summed E-state index contributed by atoms with van der Waals surface area (Å²) in [5, 5.41) is 13.3. The second kappa shape index (κ2) is 17.8. The number of hydrogen-bond donors (Lipinski definition) is 1. The fraction of sp³-hybridized carbons (Fsp3) is 0.400. The Hall–Kier alpha value is -3.34. The van der Waals surface area contributed by atoms with Gasteiger partial charge in [0.05, 0.1) is 68.6 Å². The van der Waals surface area contributed by atoms with Crippen molar-refractivity contribution in [3.05, 3.63) is 108 Å². The number of benzene rings is 3. The van der Waals surface area contributed by atoms with Crippen molar-refractivity contribution in [1.82, 2.24) is 9.78 Å². The highest BCUT2D eigenvalue weighted by Gasteiger charge is 2.21. The first kappa shape index (κ1) is 33.6. The zero-order chi connectivity index (χ0) is 31.0. The summed E-state index contributed by atoms with van der Waals surface area (Å²) in [6.45, 7) is 3.11. The number of rotatable bonds is 14. The van der Waals surface area contributed by atoms with E-state index in [9.17, 15) is 8.42 Å². The van der Waals surface area contributed by atoms with Crippen molar-refractivity contribution in [3.63, 3.8) is 0 Å². The van der Waals surface area contributed by atoms with E-state index in [1.54, 1.807) is 12.1 Å². The number of aliphatic hydroxyl groups is 1. The molecule has 5 rings (SSSR count). The molecule has 9 heteroatoms. The Kier molecular flexibility index (Phi) is 13.6. The molecular formula is C35H44N2O6S. The largest absolute Gasteiger partial charge is 0.394 e. The molecule has 4 aromatic rings. The highest BCUT2D eigenvalue weighted by Crippen LogP contribution is 2.33. The van der Waals surface area contributed by atoms with Crippen LogP contribution in [0.5, 0.6) is 0 Å². The van der Waals surface area contributed by atoms with Crippen LogP contribution in [-0.2, 0) is 43.9 Å². The Bertz CT molecular complexity index is 1470. The number of hydrogen-bond acceptors (Lipinski definition) is 7. The van der Waals surface area contributed by atoms with Gasteiger partial charge in [0.1, 0.15) is 0 Å². The van der Waals surface area contributed by atoms with Gasteiger partial charge in [-0.15, -0.1) is 0 Å². The number of sulfone groups is 1. The maximum atomic E-state index is 11.8. The Balaban J connectivity index is 0.000000339. The van der Waals surface area contributed by atoms with Gasteiger partial charge in [0.2, 0.25) is 0 Å². The number of nitrogens with zero attached hydrogens (tertiary/aromatic N) is 2. The van der Waals surface area contributed by atoms with Crippen molar-refractivity contribution in [2.75, 3.05) is 32.7 Å². The first-order valence-corrected chi connectivity index (χ1v) is 17.1. The normalized spacial score (nSPS) is 13.8. The van der Waals surface area contributed by atoms with Crippen LogP contribution in [0.2, 0.25) is 0 Å². The fourth-order valence-corrected chi connectivity index (χ4v) is 5.73. The van der Waals surface area contributed by atoms with E-state index in [1.165, 1.54) is 25.5 Å². The smallest absolute Gasteiger partial charge is 0.175 e. The maximum absolute atomic E-state index is 11.8. The minimum Gasteiger partial charge on any atom is -0.394 e. The van der Waals surface area contributed by atoms with Crippen molar-refractivity contribution >= 4 is 9.84 Å². The van der Waals surface area contributed by atoms with E-state index < -0.39 is 9.84 Å². The van der Waals surface area contributed by atoms with Crippen molar-refractivity contribution in [3.8, 4) is 11.3 Å². The predicted molar refractivity (Wildman–Crippen MR) is 172 cm³/mol. The highest BCUT2D eigenvalue weighted by atomic mass is 32.2. The quantitative estimate of drug-likeness (QED) is 0.163. The van der Waals surface area contributed by atoms with Gasteiger partial charge < -0.3 is 19.3 Å². The van der Waals surface area contributed by atoms with Crippen molar-refractivity contribution in [2.45, 2.75) is 62.9 Å². The van der Waals surface area contributed by atoms with Gasteiger partial charge in [-0.3, -0.25) is 4.68 Å². The maximum Gasteiger partial charge on any atom is 0.175 e. The fourth-order valence-electron chi connectivity index (χ4n) is 5.10. The van der Waals surface area contributed by atoms with Gasteiger partial charge in [-0.2, -0.15) is 5.10 Å². The molecule has 1 aliphatic carbocycles. The lowest BCUT2D eigenvalue weighted by molar-refractivity contribution is 0.0326. The van der Waals surface area contributed by atoms with E-state index in [-0.39, 0.29) is 6.61 Å². The van der Waals surface area contributed by atoms with Gasteiger partial charge >= 0.3 is 0 Å². The number of aliphatic hydroxyl groups excluding tert-OH is 1. The Morgan fingerprint density at radius 2 is 1.30 bits per heavy atom. The molecule has 0 saturated heterocycles. The molecule has 1 N–H and O–H groups in total. The van der Waals surface area contributed by atoms with Crippen LogP contribution >= 0.6 is 0 Å². The molecule has 3 aromatic carbocycles. The molecule has 1 aromatic heterocycles. The van der Waals surface area contributed by atoms with Crippen LogP contribution in [0.1, 0.15) is 55.0 Å². The summed E-state index contributed by atoms with van der Waals surface area (Å²) in [4.78, 5) is 0.328. The summed E-state index contributed by atoms with van der Waals surface area (Å²) in [7, 11) is -3.22. The minimum atomic E-state index is -3.22. The van der Waals surface area contributed by atoms with Crippen LogP contribution in [0.3, 0.4) is 0 Å². The van der Waals surface area contributed by atoms with Crippen LogP contribution in [0.25, 0.3) is 11.3 Å². The average molecular weight is 621 g/mol. The third-order valence-electron chi connectivity index (χ3n) is 7.37. The van der Waals surface area contributed by atoms with Gasteiger partial charge in [0.25, 0.3) is 0 Å². The average Bonchev–Trinajstić information content (AvgIpc) is 3.48. The van der Waals surface area contributed by atoms with Crippen molar-refractivity contribution in [1.29, 1.82) is 0 Å². The zero-order valence-electron chi connectivity index (χ0n) is 25.5. The summed E-state index contributed by atoms with van der Waals surface area (Å²) >= 11 is 0. The van der Waals surface area contributed by atoms with Crippen molar-refractivity contribution in [2.24, 2.45) is 0 Å². The monoisotopic (exact) mass is 620 g/mol. The lowest BCUT2D eigenvalue weighted by Crippen LogP contribution is -2.15. The molecule has 0 spiro atoms. The molecule has 0 bridgehead atoms. The van der Waals surface area contributed by atoms with E-state index in [1.807, 2.05) is 72.8 Å². The highest BCUT2D eigenvalue weighted by molar-refractivity contribution is 7.90. The molecule has 44 heavy (non-hydrogen) atoms. The van der Waals surface area contributed by atoms with E-state index in [0.29, 0.717) is 50.6 Å². The first-order valence-electron chi connectivity index (χ1n) is 15.2. The third-order valence-corrected chi connectivity index (χ3v) is 8.49. The third kappa shape index (κ3) is 11.0. The lowest BCUT2D eigenvalue weighted by atomic mass is 9.95. The molecule has 8 nitrogen and oxygen atoms in total. The van der Waals surface area contributed by atoms with E-state index in [2.05, 4.69) is 10.7 Å². The second-order valence-corrected chi connectivity index (χ2v) is 12.9. The summed E-state index contributed by atoms with van der Waals surface area (Å²) in [5.74, 6) is 0. The first-order chi connectivity index (χ1) is 21.4. The molecule has 1 saturated carbocycles. The number of ether oxygens (including phenoxy) is 3.